The molecule has 1 aromatic rings. The number of hydrogen-bond donors (Lipinski definition) is 0. The highest BCUT2D eigenvalue weighted by Crippen LogP contribution is 2.26. The monoisotopic (exact) mass is 168 g/mol. The zero-order chi connectivity index (χ0) is 7.84. The molecule has 0 amide bonds. The van der Waals surface area contributed by atoms with Crippen LogP contribution < -0.4 is 0 Å². The summed E-state index contributed by atoms with van der Waals surface area (Å²) in [5.74, 6) is -0.275. The summed E-state index contributed by atoms with van der Waals surface area (Å²) in [5.41, 5.74) is 1.40. The number of esters is 1. The Morgan fingerprint density at radius 2 is 2.27 bits per heavy atom. The molecule has 0 aliphatic carbocycles. The summed E-state index contributed by atoms with van der Waals surface area (Å²) in [6, 6.07) is 5.21. The summed E-state index contributed by atoms with van der Waals surface area (Å²) in [5, 5.41) is 0.605. The highest BCUT2D eigenvalue weighted by molar-refractivity contribution is 6.32. The van der Waals surface area contributed by atoms with Gasteiger partial charge in [0.25, 0.3) is 0 Å². The van der Waals surface area contributed by atoms with Gasteiger partial charge in [-0.2, -0.15) is 0 Å². The van der Waals surface area contributed by atoms with Crippen LogP contribution in [0.3, 0.4) is 0 Å². The summed E-state index contributed by atoms with van der Waals surface area (Å²) in [4.78, 5) is 10.9. The first-order chi connectivity index (χ1) is 5.29. The molecule has 0 radical (unpaired) electrons. The van der Waals surface area contributed by atoms with Crippen LogP contribution in [0.5, 0.6) is 0 Å². The molecule has 0 aromatic heterocycles. The van der Waals surface area contributed by atoms with E-state index in [-0.39, 0.29) is 5.97 Å². The Labute approximate surface area is 68.7 Å². The Kier molecular flexibility index (Phi) is 1.36. The van der Waals surface area contributed by atoms with E-state index in [1.807, 2.05) is 0 Å². The fourth-order valence-corrected chi connectivity index (χ4v) is 1.34. The Balaban J connectivity index is 2.66. The molecule has 0 unspecified atom stereocenters. The van der Waals surface area contributed by atoms with Crippen molar-refractivity contribution in [2.75, 3.05) is 0 Å². The van der Waals surface area contributed by atoms with Crippen molar-refractivity contribution in [1.29, 1.82) is 0 Å². The van der Waals surface area contributed by atoms with E-state index in [0.717, 1.165) is 5.56 Å². The van der Waals surface area contributed by atoms with Crippen molar-refractivity contribution in [2.24, 2.45) is 0 Å². The van der Waals surface area contributed by atoms with Crippen molar-refractivity contribution in [2.45, 2.75) is 6.61 Å². The van der Waals surface area contributed by atoms with E-state index in [0.29, 0.717) is 17.2 Å². The number of ether oxygens (including phenoxy) is 1. The van der Waals surface area contributed by atoms with Crippen molar-refractivity contribution < 1.29 is 9.53 Å². The predicted octanol–water partition coefficient (Wildman–Crippen LogP) is 2.01. The maximum Gasteiger partial charge on any atom is 0.338 e. The minimum absolute atomic E-state index is 0.275. The van der Waals surface area contributed by atoms with Gasteiger partial charge in [-0.05, 0) is 12.1 Å². The van der Waals surface area contributed by atoms with E-state index in [9.17, 15) is 4.79 Å². The molecule has 2 nitrogen and oxygen atoms in total. The van der Waals surface area contributed by atoms with Crippen LogP contribution in [0.25, 0.3) is 0 Å². The van der Waals surface area contributed by atoms with Gasteiger partial charge in [0.15, 0.2) is 0 Å². The van der Waals surface area contributed by atoms with E-state index in [2.05, 4.69) is 0 Å². The minimum Gasteiger partial charge on any atom is -0.457 e. The Hall–Kier alpha value is -1.02. The van der Waals surface area contributed by atoms with Crippen LogP contribution in [-0.4, -0.2) is 5.97 Å². The zero-order valence-electron chi connectivity index (χ0n) is 5.63. The topological polar surface area (TPSA) is 26.3 Å². The Morgan fingerprint density at radius 3 is 3.00 bits per heavy atom. The van der Waals surface area contributed by atoms with Crippen LogP contribution in [0, 0.1) is 0 Å². The molecule has 1 aliphatic heterocycles. The van der Waals surface area contributed by atoms with Crippen LogP contribution in [0.2, 0.25) is 5.02 Å². The van der Waals surface area contributed by atoms with Crippen molar-refractivity contribution in [1.82, 2.24) is 0 Å². The number of carbonyl (C=O) groups excluding carboxylic acids is 1. The molecule has 1 aromatic carbocycles. The van der Waals surface area contributed by atoms with Crippen molar-refractivity contribution in [3.05, 3.63) is 34.3 Å². The minimum atomic E-state index is -0.275. The second-order valence-electron chi connectivity index (χ2n) is 2.34. The van der Waals surface area contributed by atoms with Crippen LogP contribution in [0.1, 0.15) is 15.9 Å². The maximum atomic E-state index is 10.9. The number of halogens is 1. The number of fused-ring (bicyclic) bond motifs is 1. The average molecular weight is 169 g/mol. The highest BCUT2D eigenvalue weighted by Gasteiger charge is 2.22. The molecule has 11 heavy (non-hydrogen) atoms. The molecule has 0 atom stereocenters. The third-order valence-corrected chi connectivity index (χ3v) is 2.04. The molecule has 2 rings (SSSR count). The first kappa shape index (κ1) is 6.68. The molecule has 0 bridgehead atoms. The molecule has 0 saturated heterocycles. The lowest BCUT2D eigenvalue weighted by Gasteiger charge is -1.94. The molecule has 3 heteroatoms. The fourth-order valence-electron chi connectivity index (χ4n) is 1.11. The molecule has 0 saturated carbocycles. The van der Waals surface area contributed by atoms with Crippen LogP contribution in [0.4, 0.5) is 0 Å². The van der Waals surface area contributed by atoms with Gasteiger partial charge in [-0.3, -0.25) is 0 Å². The van der Waals surface area contributed by atoms with Gasteiger partial charge in [0.05, 0.1) is 5.56 Å². The quantitative estimate of drug-likeness (QED) is 0.554. The summed E-state index contributed by atoms with van der Waals surface area (Å²) < 4.78 is 4.78. The van der Waals surface area contributed by atoms with Gasteiger partial charge in [0, 0.05) is 10.6 Å². The average Bonchev–Trinajstić information content (AvgIpc) is 2.35. The first-order valence-corrected chi connectivity index (χ1v) is 3.61. The van der Waals surface area contributed by atoms with Gasteiger partial charge < -0.3 is 4.74 Å². The van der Waals surface area contributed by atoms with E-state index in [1.165, 1.54) is 0 Å². The van der Waals surface area contributed by atoms with Crippen molar-refractivity contribution >= 4 is 17.6 Å². The van der Waals surface area contributed by atoms with E-state index < -0.39 is 0 Å². The van der Waals surface area contributed by atoms with Crippen LogP contribution in [0.15, 0.2) is 18.2 Å². The normalized spacial score (nSPS) is 14.5. The van der Waals surface area contributed by atoms with Crippen molar-refractivity contribution in [3.63, 3.8) is 0 Å². The number of hydrogen-bond acceptors (Lipinski definition) is 2. The van der Waals surface area contributed by atoms with Gasteiger partial charge >= 0.3 is 5.97 Å². The predicted molar refractivity (Wildman–Crippen MR) is 40.6 cm³/mol. The highest BCUT2D eigenvalue weighted by atomic mass is 35.5. The van der Waals surface area contributed by atoms with E-state index in [1.54, 1.807) is 18.2 Å². The summed E-state index contributed by atoms with van der Waals surface area (Å²) in [6.07, 6.45) is 0. The van der Waals surface area contributed by atoms with Gasteiger partial charge in [0.1, 0.15) is 6.61 Å². The smallest absolute Gasteiger partial charge is 0.338 e. The lowest BCUT2D eigenvalue weighted by molar-refractivity contribution is 0.0535. The molecular formula is C8H5ClO2. The largest absolute Gasteiger partial charge is 0.457 e. The second-order valence-corrected chi connectivity index (χ2v) is 2.75. The number of carbonyl (C=O) groups is 1. The van der Waals surface area contributed by atoms with Crippen molar-refractivity contribution in [3.8, 4) is 0 Å². The summed E-state index contributed by atoms with van der Waals surface area (Å²) in [7, 11) is 0. The fraction of sp³-hybridized carbons (Fsp3) is 0.125. The molecular weight excluding hydrogens is 164 g/mol. The lowest BCUT2D eigenvalue weighted by atomic mass is 10.1. The Morgan fingerprint density at radius 1 is 1.45 bits per heavy atom. The van der Waals surface area contributed by atoms with Gasteiger partial charge in [-0.1, -0.05) is 17.7 Å². The molecule has 56 valence electrons. The third-order valence-electron chi connectivity index (χ3n) is 1.69. The number of cyclic esters (lactones) is 1. The molecule has 0 N–H and O–H groups in total. The van der Waals surface area contributed by atoms with E-state index >= 15 is 0 Å². The first-order valence-electron chi connectivity index (χ1n) is 3.23. The van der Waals surface area contributed by atoms with E-state index in [4.69, 9.17) is 16.3 Å². The summed E-state index contributed by atoms with van der Waals surface area (Å²) >= 11 is 5.80. The standard InChI is InChI=1S/C8H5ClO2/c9-7-3-1-2-5-6(7)4-11-8(5)10/h1-3H,4H2. The van der Waals surface area contributed by atoms with Crippen LogP contribution >= 0.6 is 11.6 Å². The maximum absolute atomic E-state index is 10.9. The molecule has 1 heterocycles. The molecule has 1 aliphatic rings. The van der Waals surface area contributed by atoms with Gasteiger partial charge in [0.2, 0.25) is 0 Å². The van der Waals surface area contributed by atoms with Gasteiger partial charge in [-0.25, -0.2) is 4.79 Å². The van der Waals surface area contributed by atoms with Gasteiger partial charge in [-0.15, -0.1) is 0 Å². The van der Waals surface area contributed by atoms with Crippen LogP contribution in [-0.2, 0) is 11.3 Å². The third kappa shape index (κ3) is 0.906. The zero-order valence-corrected chi connectivity index (χ0v) is 6.39. The molecule has 0 fully saturated rings. The SMILES string of the molecule is O=C1OCc2c(Cl)cccc21. The Bertz CT molecular complexity index is 320. The molecule has 0 spiro atoms. The lowest BCUT2D eigenvalue weighted by Crippen LogP contribution is -1.92. The second kappa shape index (κ2) is 2.24. The number of rotatable bonds is 0. The summed E-state index contributed by atoms with van der Waals surface area (Å²) in [6.45, 7) is 0.313. The number of benzene rings is 1.